The molecule has 0 radical (unpaired) electrons. The molecule has 2 N–H and O–H groups in total. The third-order valence-electron chi connectivity index (χ3n) is 5.53. The van der Waals surface area contributed by atoms with Crippen molar-refractivity contribution in [1.29, 1.82) is 0 Å². The van der Waals surface area contributed by atoms with Gasteiger partial charge in [-0.2, -0.15) is 17.9 Å². The third-order valence-corrected chi connectivity index (χ3v) is 5.76. The van der Waals surface area contributed by atoms with Gasteiger partial charge in [-0.15, -0.1) is 0 Å². The van der Waals surface area contributed by atoms with Gasteiger partial charge in [0.1, 0.15) is 0 Å². The third kappa shape index (κ3) is 4.63. The van der Waals surface area contributed by atoms with E-state index in [9.17, 15) is 18.4 Å². The van der Waals surface area contributed by atoms with E-state index in [1.54, 1.807) is 18.2 Å². The number of halogens is 4. The predicted octanol–water partition coefficient (Wildman–Crippen LogP) is 5.52. The molecule has 4 nitrogen and oxygen atoms in total. The minimum absolute atomic E-state index is 0. The van der Waals surface area contributed by atoms with E-state index in [-0.39, 0.29) is 23.6 Å². The van der Waals surface area contributed by atoms with Crippen LogP contribution in [0.4, 0.5) is 13.2 Å². The average Bonchev–Trinajstić information content (AvgIpc) is 2.67. The monoisotopic (exact) mass is 453 g/mol. The molecule has 0 saturated carbocycles. The fourth-order valence-corrected chi connectivity index (χ4v) is 4.36. The molecule has 8 heteroatoms. The van der Waals surface area contributed by atoms with Crippen LogP contribution >= 0.6 is 11.6 Å². The highest BCUT2D eigenvalue weighted by Gasteiger charge is 2.36. The van der Waals surface area contributed by atoms with Gasteiger partial charge in [-0.25, -0.2) is 0 Å². The molecule has 2 atom stereocenters. The topological polar surface area (TPSA) is 67.7 Å². The van der Waals surface area contributed by atoms with Crippen molar-refractivity contribution in [2.24, 2.45) is 0 Å². The summed E-state index contributed by atoms with van der Waals surface area (Å²) in [6, 6.07) is 12.2. The van der Waals surface area contributed by atoms with Crippen molar-refractivity contribution in [3.05, 3.63) is 81.1 Å². The number of fused-ring (bicyclic) bond motifs is 2. The van der Waals surface area contributed by atoms with E-state index in [0.717, 1.165) is 33.4 Å². The van der Waals surface area contributed by atoms with Gasteiger partial charge in [-0.1, -0.05) is 23.7 Å². The second-order valence-corrected chi connectivity index (χ2v) is 8.41. The molecule has 1 heterocycles. The van der Waals surface area contributed by atoms with Crippen molar-refractivity contribution in [3.8, 4) is 0 Å². The summed E-state index contributed by atoms with van der Waals surface area (Å²) in [5.41, 5.74) is 2.00. The first-order valence-electron chi connectivity index (χ1n) is 9.80. The first kappa shape index (κ1) is 23.3. The molecule has 1 aliphatic carbocycles. The predicted molar refractivity (Wildman–Crippen MR) is 113 cm³/mol. The first-order valence-corrected chi connectivity index (χ1v) is 10.2. The van der Waals surface area contributed by atoms with Crippen LogP contribution in [0.2, 0.25) is 5.02 Å². The second kappa shape index (κ2) is 8.65. The maximum absolute atomic E-state index is 13.1. The van der Waals surface area contributed by atoms with Crippen molar-refractivity contribution in [2.45, 2.75) is 51.0 Å². The normalized spacial score (nSPS) is 18.7. The SMILES string of the molecule is CC(C)OC1CC(c2ccc(C(F)(F)F)cc2)Cc2c1cc1cc(Cl)ccc1[n+]2[O-].O. The van der Waals surface area contributed by atoms with Crippen LogP contribution in [0.1, 0.15) is 54.7 Å². The van der Waals surface area contributed by atoms with Gasteiger partial charge in [0.25, 0.3) is 0 Å². The number of pyridine rings is 1. The van der Waals surface area contributed by atoms with E-state index in [1.807, 2.05) is 19.9 Å². The number of ether oxygens (including phenoxy) is 1. The van der Waals surface area contributed by atoms with Crippen LogP contribution in [0, 0.1) is 5.21 Å². The Morgan fingerprint density at radius 3 is 2.39 bits per heavy atom. The zero-order chi connectivity index (χ0) is 21.6. The lowest BCUT2D eigenvalue weighted by Crippen LogP contribution is -2.38. The molecule has 3 aromatic rings. The molecule has 0 spiro atoms. The molecule has 1 aliphatic rings. The van der Waals surface area contributed by atoms with E-state index in [2.05, 4.69) is 0 Å². The molecule has 2 unspecified atom stereocenters. The van der Waals surface area contributed by atoms with Crippen LogP contribution in [-0.4, -0.2) is 11.6 Å². The Kier molecular flexibility index (Phi) is 6.51. The fraction of sp³-hybridized carbons (Fsp3) is 0.348. The summed E-state index contributed by atoms with van der Waals surface area (Å²) in [4.78, 5) is 0. The highest BCUT2D eigenvalue weighted by Crippen LogP contribution is 2.41. The smallest absolute Gasteiger partial charge is 0.416 e. The standard InChI is InChI=1S/C23H21ClF3NO2.H2O/c1-13(2)30-22-12-15(14-3-5-17(6-4-14)23(25,26)27)11-21-19(22)10-16-9-18(24)7-8-20(16)28(21)29;/h3-10,13,15,22H,11-12H2,1-2H3;1H2. The summed E-state index contributed by atoms with van der Waals surface area (Å²) in [6.07, 6.45) is -3.75. The molecule has 0 aliphatic heterocycles. The summed E-state index contributed by atoms with van der Waals surface area (Å²) in [6.45, 7) is 3.84. The number of rotatable bonds is 3. The molecular weight excluding hydrogens is 431 g/mol. The quantitative estimate of drug-likeness (QED) is 0.387. The lowest BCUT2D eigenvalue weighted by Gasteiger charge is -2.32. The van der Waals surface area contributed by atoms with Gasteiger partial charge in [-0.05, 0) is 62.1 Å². The Balaban J connectivity index is 0.00000272. The molecule has 166 valence electrons. The van der Waals surface area contributed by atoms with E-state index < -0.39 is 11.7 Å². The summed E-state index contributed by atoms with van der Waals surface area (Å²) in [7, 11) is 0. The molecule has 2 aromatic carbocycles. The Bertz CT molecular complexity index is 1080. The lowest BCUT2D eigenvalue weighted by molar-refractivity contribution is -0.587. The number of hydrogen-bond donors (Lipinski definition) is 0. The van der Waals surface area contributed by atoms with Crippen molar-refractivity contribution < 1.29 is 28.1 Å². The minimum atomic E-state index is -4.38. The van der Waals surface area contributed by atoms with Crippen molar-refractivity contribution in [2.75, 3.05) is 0 Å². The van der Waals surface area contributed by atoms with Gasteiger partial charge in [0.05, 0.1) is 17.8 Å². The molecular formula is C23H23ClF3NO3. The van der Waals surface area contributed by atoms with Gasteiger partial charge in [0.2, 0.25) is 5.52 Å². The molecule has 0 bridgehead atoms. The highest BCUT2D eigenvalue weighted by molar-refractivity contribution is 6.31. The molecule has 0 amide bonds. The Hall–Kier alpha value is -2.35. The molecule has 0 saturated heterocycles. The van der Waals surface area contributed by atoms with Crippen molar-refractivity contribution >= 4 is 22.5 Å². The second-order valence-electron chi connectivity index (χ2n) is 7.97. The summed E-state index contributed by atoms with van der Waals surface area (Å²) >= 11 is 6.10. The summed E-state index contributed by atoms with van der Waals surface area (Å²) in [5.74, 6) is -0.117. The van der Waals surface area contributed by atoms with Gasteiger partial charge in [0, 0.05) is 28.5 Å². The van der Waals surface area contributed by atoms with Crippen LogP contribution in [0.25, 0.3) is 10.9 Å². The number of nitrogens with zero attached hydrogens (tertiary/aromatic N) is 1. The van der Waals surface area contributed by atoms with Crippen LogP contribution < -0.4 is 4.73 Å². The zero-order valence-electron chi connectivity index (χ0n) is 17.0. The molecule has 4 rings (SSSR count). The maximum atomic E-state index is 13.1. The summed E-state index contributed by atoms with van der Waals surface area (Å²) in [5, 5.41) is 14.4. The van der Waals surface area contributed by atoms with Gasteiger partial charge in [-0.3, -0.25) is 0 Å². The fourth-order valence-electron chi connectivity index (χ4n) is 4.18. The zero-order valence-corrected chi connectivity index (χ0v) is 17.8. The van der Waals surface area contributed by atoms with Crippen LogP contribution in [-0.2, 0) is 17.3 Å². The van der Waals surface area contributed by atoms with E-state index >= 15 is 0 Å². The summed E-state index contributed by atoms with van der Waals surface area (Å²) < 4.78 is 45.8. The maximum Gasteiger partial charge on any atom is 0.416 e. The van der Waals surface area contributed by atoms with Gasteiger partial charge < -0.3 is 15.4 Å². The Morgan fingerprint density at radius 2 is 1.77 bits per heavy atom. The molecule has 1 aromatic heterocycles. The van der Waals surface area contributed by atoms with Gasteiger partial charge >= 0.3 is 6.18 Å². The van der Waals surface area contributed by atoms with Crippen molar-refractivity contribution in [1.82, 2.24) is 0 Å². The van der Waals surface area contributed by atoms with Crippen LogP contribution in [0.3, 0.4) is 0 Å². The number of aromatic nitrogens is 1. The lowest BCUT2D eigenvalue weighted by atomic mass is 9.80. The number of alkyl halides is 3. The van der Waals surface area contributed by atoms with Crippen molar-refractivity contribution in [3.63, 3.8) is 0 Å². The molecule has 31 heavy (non-hydrogen) atoms. The van der Waals surface area contributed by atoms with E-state index in [4.69, 9.17) is 16.3 Å². The highest BCUT2D eigenvalue weighted by atomic mass is 35.5. The largest absolute Gasteiger partial charge is 0.618 e. The molecule has 0 fully saturated rings. The van der Waals surface area contributed by atoms with Gasteiger partial charge in [0.15, 0.2) is 5.69 Å². The Morgan fingerprint density at radius 1 is 1.10 bits per heavy atom. The number of benzene rings is 2. The first-order chi connectivity index (χ1) is 14.1. The average molecular weight is 454 g/mol. The minimum Gasteiger partial charge on any atom is -0.618 e. The number of hydrogen-bond acceptors (Lipinski definition) is 2. The van der Waals surface area contributed by atoms with E-state index in [1.165, 1.54) is 12.1 Å². The van der Waals surface area contributed by atoms with Crippen LogP contribution in [0.15, 0.2) is 48.5 Å². The Labute approximate surface area is 183 Å². The van der Waals surface area contributed by atoms with E-state index in [0.29, 0.717) is 29.1 Å². The van der Waals surface area contributed by atoms with Crippen LogP contribution in [0.5, 0.6) is 0 Å².